The standard InChI is InChI=1S/C12H11N.2C9H12/c1-3-7-11(8-4-1)13-12-9-5-2-6-10-12;2*1-8(2)9-6-4-3-5-7-9/h1-10,13H;2*3-8H,1-2H3. The zero-order valence-corrected chi connectivity index (χ0v) is 19.2. The minimum atomic E-state index is 0.659. The van der Waals surface area contributed by atoms with Crippen molar-refractivity contribution in [1.29, 1.82) is 0 Å². The Bertz CT molecular complexity index is 850. The van der Waals surface area contributed by atoms with Crippen LogP contribution < -0.4 is 5.32 Å². The Labute approximate surface area is 188 Å². The maximum absolute atomic E-state index is 3.30. The third-order valence-corrected chi connectivity index (χ3v) is 4.77. The van der Waals surface area contributed by atoms with Crippen LogP contribution in [-0.2, 0) is 0 Å². The Kier molecular flexibility index (Phi) is 10.7. The zero-order valence-electron chi connectivity index (χ0n) is 19.2. The third kappa shape index (κ3) is 9.82. The topological polar surface area (TPSA) is 12.0 Å². The molecule has 1 N–H and O–H groups in total. The number of hydrogen-bond donors (Lipinski definition) is 1. The molecule has 31 heavy (non-hydrogen) atoms. The molecule has 0 aliphatic rings. The van der Waals surface area contributed by atoms with Crippen molar-refractivity contribution in [2.75, 3.05) is 5.32 Å². The van der Waals surface area contributed by atoms with E-state index in [4.69, 9.17) is 0 Å². The van der Waals surface area contributed by atoms with Crippen LogP contribution in [0.5, 0.6) is 0 Å². The molecule has 4 aromatic rings. The van der Waals surface area contributed by atoms with Gasteiger partial charge >= 0.3 is 0 Å². The van der Waals surface area contributed by atoms with E-state index in [0.717, 1.165) is 11.4 Å². The van der Waals surface area contributed by atoms with Gasteiger partial charge in [0.15, 0.2) is 0 Å². The van der Waals surface area contributed by atoms with Gasteiger partial charge in [-0.15, -0.1) is 0 Å². The van der Waals surface area contributed by atoms with Gasteiger partial charge in [0.25, 0.3) is 0 Å². The summed E-state index contributed by atoms with van der Waals surface area (Å²) in [5, 5.41) is 3.30. The maximum Gasteiger partial charge on any atom is 0.0384 e. The van der Waals surface area contributed by atoms with Crippen molar-refractivity contribution in [3.8, 4) is 0 Å². The average Bonchev–Trinajstić information content (AvgIpc) is 2.82. The lowest BCUT2D eigenvalue weighted by Crippen LogP contribution is -1.87. The van der Waals surface area contributed by atoms with Crippen LogP contribution in [0.25, 0.3) is 0 Å². The molecule has 0 aromatic heterocycles. The Morgan fingerprint density at radius 1 is 0.387 bits per heavy atom. The van der Waals surface area contributed by atoms with E-state index < -0.39 is 0 Å². The molecule has 1 nitrogen and oxygen atoms in total. The second-order valence-electron chi connectivity index (χ2n) is 7.99. The molecule has 0 heterocycles. The van der Waals surface area contributed by atoms with Gasteiger partial charge in [0, 0.05) is 11.4 Å². The monoisotopic (exact) mass is 409 g/mol. The number of benzene rings is 4. The SMILES string of the molecule is CC(C)c1ccccc1.CC(C)c1ccccc1.c1ccc(Nc2ccccc2)cc1. The molecular weight excluding hydrogens is 374 g/mol. The molecule has 0 spiro atoms. The van der Waals surface area contributed by atoms with Gasteiger partial charge in [0.05, 0.1) is 0 Å². The first-order valence-corrected chi connectivity index (χ1v) is 11.0. The van der Waals surface area contributed by atoms with Gasteiger partial charge in [0.1, 0.15) is 0 Å². The van der Waals surface area contributed by atoms with E-state index >= 15 is 0 Å². The highest BCUT2D eigenvalue weighted by molar-refractivity contribution is 5.58. The van der Waals surface area contributed by atoms with Gasteiger partial charge < -0.3 is 5.32 Å². The predicted octanol–water partition coefficient (Wildman–Crippen LogP) is 9.05. The van der Waals surface area contributed by atoms with Crippen LogP contribution in [0.15, 0.2) is 121 Å². The van der Waals surface area contributed by atoms with E-state index in [9.17, 15) is 0 Å². The first-order valence-electron chi connectivity index (χ1n) is 11.0. The van der Waals surface area contributed by atoms with Crippen molar-refractivity contribution in [2.45, 2.75) is 39.5 Å². The van der Waals surface area contributed by atoms with Crippen molar-refractivity contribution in [1.82, 2.24) is 0 Å². The van der Waals surface area contributed by atoms with Crippen LogP contribution in [-0.4, -0.2) is 0 Å². The van der Waals surface area contributed by atoms with E-state index in [1.807, 2.05) is 72.8 Å². The highest BCUT2D eigenvalue weighted by atomic mass is 14.9. The van der Waals surface area contributed by atoms with E-state index in [2.05, 4.69) is 81.5 Å². The van der Waals surface area contributed by atoms with Crippen molar-refractivity contribution >= 4 is 11.4 Å². The fourth-order valence-corrected chi connectivity index (χ4v) is 2.89. The van der Waals surface area contributed by atoms with Crippen molar-refractivity contribution in [2.24, 2.45) is 0 Å². The number of rotatable bonds is 4. The maximum atomic E-state index is 3.30. The highest BCUT2D eigenvalue weighted by Crippen LogP contribution is 2.15. The summed E-state index contributed by atoms with van der Waals surface area (Å²) < 4.78 is 0. The molecule has 160 valence electrons. The molecule has 0 saturated carbocycles. The lowest BCUT2D eigenvalue weighted by molar-refractivity contribution is 0.867. The van der Waals surface area contributed by atoms with Crippen LogP contribution >= 0.6 is 0 Å². The summed E-state index contributed by atoms with van der Waals surface area (Å²) in [5.41, 5.74) is 5.07. The van der Waals surface area contributed by atoms with Crippen molar-refractivity contribution in [3.63, 3.8) is 0 Å². The van der Waals surface area contributed by atoms with E-state index in [-0.39, 0.29) is 0 Å². The van der Waals surface area contributed by atoms with E-state index in [0.29, 0.717) is 11.8 Å². The Balaban J connectivity index is 0.000000170. The first-order chi connectivity index (χ1) is 15.1. The lowest BCUT2D eigenvalue weighted by atomic mass is 10.0. The van der Waals surface area contributed by atoms with E-state index in [1.165, 1.54) is 11.1 Å². The number of para-hydroxylation sites is 2. The second-order valence-corrected chi connectivity index (χ2v) is 7.99. The molecule has 1 heteroatoms. The summed E-state index contributed by atoms with van der Waals surface area (Å²) in [6, 6.07) is 41.3. The third-order valence-electron chi connectivity index (χ3n) is 4.77. The Morgan fingerprint density at radius 2 is 0.645 bits per heavy atom. The highest BCUT2D eigenvalue weighted by Gasteiger charge is 1.94. The Morgan fingerprint density at radius 3 is 0.871 bits per heavy atom. The summed E-state index contributed by atoms with van der Waals surface area (Å²) in [7, 11) is 0. The number of nitrogens with one attached hydrogen (secondary N) is 1. The molecule has 4 rings (SSSR count). The normalized spacial score (nSPS) is 9.87. The summed E-state index contributed by atoms with van der Waals surface area (Å²) in [5.74, 6) is 1.32. The molecule has 0 aliphatic heterocycles. The van der Waals surface area contributed by atoms with Crippen LogP contribution in [0.1, 0.15) is 50.7 Å². The minimum Gasteiger partial charge on any atom is -0.356 e. The van der Waals surface area contributed by atoms with Crippen LogP contribution in [0, 0.1) is 0 Å². The van der Waals surface area contributed by atoms with Crippen molar-refractivity contribution in [3.05, 3.63) is 132 Å². The van der Waals surface area contributed by atoms with Gasteiger partial charge in [-0.05, 0) is 47.2 Å². The fraction of sp³-hybridized carbons (Fsp3) is 0.200. The van der Waals surface area contributed by atoms with E-state index in [1.54, 1.807) is 0 Å². The molecule has 0 radical (unpaired) electrons. The molecule has 0 bridgehead atoms. The lowest BCUT2D eigenvalue weighted by Gasteiger charge is -2.04. The summed E-state index contributed by atoms with van der Waals surface area (Å²) in [6.07, 6.45) is 0. The predicted molar refractivity (Wildman–Crippen MR) is 137 cm³/mol. The molecule has 0 amide bonds. The van der Waals surface area contributed by atoms with Gasteiger partial charge in [0.2, 0.25) is 0 Å². The first kappa shape index (κ1) is 24.0. The summed E-state index contributed by atoms with van der Waals surface area (Å²) in [6.45, 7) is 8.81. The molecule has 0 atom stereocenters. The molecular formula is C30H35N. The molecule has 4 aromatic carbocycles. The second kappa shape index (κ2) is 13.8. The van der Waals surface area contributed by atoms with Crippen LogP contribution in [0.2, 0.25) is 0 Å². The largest absolute Gasteiger partial charge is 0.356 e. The quantitative estimate of drug-likeness (QED) is 0.354. The smallest absolute Gasteiger partial charge is 0.0384 e. The summed E-state index contributed by atoms with van der Waals surface area (Å²) in [4.78, 5) is 0. The zero-order chi connectivity index (χ0) is 22.3. The van der Waals surface area contributed by atoms with Gasteiger partial charge in [-0.25, -0.2) is 0 Å². The molecule has 0 unspecified atom stereocenters. The number of anilines is 2. The van der Waals surface area contributed by atoms with Crippen LogP contribution in [0.3, 0.4) is 0 Å². The fourth-order valence-electron chi connectivity index (χ4n) is 2.89. The van der Waals surface area contributed by atoms with Gasteiger partial charge in [-0.3, -0.25) is 0 Å². The molecule has 0 saturated heterocycles. The average molecular weight is 410 g/mol. The van der Waals surface area contributed by atoms with Gasteiger partial charge in [-0.1, -0.05) is 125 Å². The van der Waals surface area contributed by atoms with Crippen molar-refractivity contribution < 1.29 is 0 Å². The summed E-state index contributed by atoms with van der Waals surface area (Å²) >= 11 is 0. The number of hydrogen-bond acceptors (Lipinski definition) is 1. The van der Waals surface area contributed by atoms with Crippen LogP contribution in [0.4, 0.5) is 11.4 Å². The van der Waals surface area contributed by atoms with Gasteiger partial charge in [-0.2, -0.15) is 0 Å². The molecule has 0 aliphatic carbocycles. The Hall–Kier alpha value is -3.32. The minimum absolute atomic E-state index is 0.659. The molecule has 0 fully saturated rings.